The number of nitro benzene ring substituents is 2. The van der Waals surface area contributed by atoms with Crippen LogP contribution in [0.5, 0.6) is 0 Å². The van der Waals surface area contributed by atoms with Crippen LogP contribution in [0.3, 0.4) is 0 Å². The second-order valence-corrected chi connectivity index (χ2v) is 11.4. The summed E-state index contributed by atoms with van der Waals surface area (Å²) in [5.74, 6) is -0.479. The first-order valence-corrected chi connectivity index (χ1v) is 13.8. The predicted octanol–water partition coefficient (Wildman–Crippen LogP) is 1.40. The second kappa shape index (κ2) is 11.3. The minimum absolute atomic E-state index is 0. The molecule has 1 radical (unpaired) electrons. The van der Waals surface area contributed by atoms with Crippen molar-refractivity contribution in [1.82, 2.24) is 15.0 Å². The molecule has 0 unspecified atom stereocenters. The smallest absolute Gasteiger partial charge is 0.341 e. The maximum Gasteiger partial charge on any atom is 0.341 e. The predicted molar refractivity (Wildman–Crippen MR) is 138 cm³/mol. The van der Waals surface area contributed by atoms with Crippen molar-refractivity contribution in [3.8, 4) is 22.8 Å². The molecule has 1 heterocycles. The molecule has 0 aliphatic heterocycles. The van der Waals surface area contributed by atoms with Crippen LogP contribution < -0.4 is 4.80 Å². The molecule has 0 saturated heterocycles. The fourth-order valence-electron chi connectivity index (χ4n) is 3.28. The van der Waals surface area contributed by atoms with Crippen molar-refractivity contribution in [2.24, 2.45) is 0 Å². The molecular weight excluding hydrogens is 686 g/mol. The van der Waals surface area contributed by atoms with Crippen LogP contribution in [0.25, 0.3) is 22.8 Å². The summed E-state index contributed by atoms with van der Waals surface area (Å²) in [6.45, 7) is 0. The van der Waals surface area contributed by atoms with Gasteiger partial charge >= 0.3 is 11.5 Å². The quantitative estimate of drug-likeness (QED) is 0.0721. The van der Waals surface area contributed by atoms with Crippen LogP contribution in [-0.4, -0.2) is 80.3 Å². The van der Waals surface area contributed by atoms with Crippen molar-refractivity contribution in [3.05, 3.63) is 84.5 Å². The van der Waals surface area contributed by atoms with Gasteiger partial charge in [-0.2, -0.15) is 8.42 Å². The van der Waals surface area contributed by atoms with E-state index < -0.39 is 62.6 Å². The zero-order valence-corrected chi connectivity index (χ0v) is 25.1. The molecule has 4 aromatic rings. The fourth-order valence-corrected chi connectivity index (χ4v) is 4.93. The van der Waals surface area contributed by atoms with Gasteiger partial charge < -0.3 is 4.55 Å². The van der Waals surface area contributed by atoms with E-state index in [4.69, 9.17) is 0 Å². The summed E-state index contributed by atoms with van der Waals surface area (Å²) >= 11 is 2.02. The minimum atomic E-state index is -5.35. The molecule has 20 heteroatoms. The van der Waals surface area contributed by atoms with Crippen LogP contribution >= 0.6 is 22.6 Å². The Morgan fingerprint density at radius 1 is 0.923 bits per heavy atom. The van der Waals surface area contributed by atoms with E-state index in [0.29, 0.717) is 12.1 Å². The van der Waals surface area contributed by atoms with E-state index in [-0.39, 0.29) is 40.9 Å². The summed E-state index contributed by atoms with van der Waals surface area (Å²) < 4.78 is 69.0. The first kappa shape index (κ1) is 30.6. The zero-order chi connectivity index (χ0) is 28.0. The summed E-state index contributed by atoms with van der Waals surface area (Å²) in [4.78, 5) is 21.1. The van der Waals surface area contributed by atoms with E-state index in [0.717, 1.165) is 37.4 Å². The number of tetrazole rings is 1. The SMILES string of the molecule is O=[N+]([O-])c1ccc(-[n+]2nc(-c3ccc(S(=O)(=O)O)cc3S(=O)(=O)[O-])nn2-c2ccc(I)cc2)c([N+](=O)[O-])c1.[Na]. The van der Waals surface area contributed by atoms with Gasteiger partial charge in [0.1, 0.15) is 15.8 Å². The first-order valence-electron chi connectivity index (χ1n) is 9.83. The van der Waals surface area contributed by atoms with Gasteiger partial charge in [0, 0.05) is 50.1 Å². The van der Waals surface area contributed by atoms with Crippen molar-refractivity contribution in [2.75, 3.05) is 0 Å². The Morgan fingerprint density at radius 2 is 1.56 bits per heavy atom. The Balaban J connectivity index is 0.00000420. The second-order valence-electron chi connectivity index (χ2n) is 7.35. The number of nitro groups is 2. The third kappa shape index (κ3) is 6.46. The van der Waals surface area contributed by atoms with Crippen molar-refractivity contribution < 1.29 is 40.6 Å². The molecule has 0 atom stereocenters. The molecule has 4 rings (SSSR count). The van der Waals surface area contributed by atoms with E-state index >= 15 is 0 Å². The molecule has 1 aromatic heterocycles. The summed E-state index contributed by atoms with van der Waals surface area (Å²) in [6, 6.07) is 11.2. The zero-order valence-electron chi connectivity index (χ0n) is 19.3. The van der Waals surface area contributed by atoms with Crippen LogP contribution in [0.15, 0.2) is 70.5 Å². The minimum Gasteiger partial charge on any atom is -0.744 e. The third-order valence-electron chi connectivity index (χ3n) is 4.96. The molecule has 0 aliphatic carbocycles. The molecule has 0 spiro atoms. The van der Waals surface area contributed by atoms with Gasteiger partial charge in [0.05, 0.1) is 36.4 Å². The van der Waals surface area contributed by atoms with Crippen LogP contribution in [0.2, 0.25) is 0 Å². The maximum atomic E-state index is 12.0. The number of nitrogens with zero attached hydrogens (tertiary/aromatic N) is 6. The average Bonchev–Trinajstić information content (AvgIpc) is 3.27. The monoisotopic (exact) mass is 697 g/mol. The van der Waals surface area contributed by atoms with Crippen LogP contribution in [-0.2, 0) is 20.2 Å². The Bertz CT molecular complexity index is 1850. The Labute approximate surface area is 254 Å². The van der Waals surface area contributed by atoms with Crippen LogP contribution in [0.4, 0.5) is 11.4 Å². The molecule has 0 aliphatic rings. The number of aromatic nitrogens is 4. The molecule has 3 aromatic carbocycles. The van der Waals surface area contributed by atoms with Gasteiger partial charge in [0.25, 0.3) is 21.5 Å². The largest absolute Gasteiger partial charge is 0.744 e. The molecule has 197 valence electrons. The van der Waals surface area contributed by atoms with Gasteiger partial charge in [0.15, 0.2) is 0 Å². The number of non-ortho nitro benzene ring substituents is 1. The Kier molecular flexibility index (Phi) is 8.86. The van der Waals surface area contributed by atoms with Gasteiger partial charge in [-0.15, -0.1) is 0 Å². The summed E-state index contributed by atoms with van der Waals surface area (Å²) in [5, 5.41) is 31.2. The molecule has 16 nitrogen and oxygen atoms in total. The fraction of sp³-hybridized carbons (Fsp3) is 0. The van der Waals surface area contributed by atoms with Gasteiger partial charge in [-0.3, -0.25) is 24.8 Å². The van der Waals surface area contributed by atoms with Gasteiger partial charge in [-0.05, 0) is 75.0 Å². The average molecular weight is 697 g/mol. The molecule has 0 bridgehead atoms. The van der Waals surface area contributed by atoms with Gasteiger partial charge in [-0.1, -0.05) is 0 Å². The van der Waals surface area contributed by atoms with E-state index in [1.54, 1.807) is 24.3 Å². The van der Waals surface area contributed by atoms with Crippen LogP contribution in [0, 0.1) is 23.8 Å². The number of benzene rings is 3. The topological polar surface area (TPSA) is 232 Å². The van der Waals surface area contributed by atoms with E-state index in [1.807, 2.05) is 22.6 Å². The molecule has 1 N–H and O–H groups in total. The van der Waals surface area contributed by atoms with Gasteiger partial charge in [0.2, 0.25) is 0 Å². The third-order valence-corrected chi connectivity index (χ3v) is 7.40. The molecule has 39 heavy (non-hydrogen) atoms. The normalized spacial score (nSPS) is 11.6. The van der Waals surface area contributed by atoms with E-state index in [1.165, 1.54) is 0 Å². The standard InChI is InChI=1S/C19H11IN6O10S2.Na/c20-11-1-3-12(4-2-11)23-21-19(15-7-6-14(37(31,32)33)10-18(15)38(34,35)36)22-24(23)16-8-5-13(25(27)28)9-17(16)26(29)30;/h1-10H,(H-,31,32,33,34,35,36);. The van der Waals surface area contributed by atoms with Crippen LogP contribution in [0.1, 0.15) is 0 Å². The molecule has 0 amide bonds. The van der Waals surface area contributed by atoms with Crippen molar-refractivity contribution >= 4 is 83.8 Å². The number of halogens is 1. The van der Waals surface area contributed by atoms with Crippen molar-refractivity contribution in [2.45, 2.75) is 9.79 Å². The molecule has 0 saturated carbocycles. The summed E-state index contributed by atoms with van der Waals surface area (Å²) in [5.41, 5.74) is -1.85. The summed E-state index contributed by atoms with van der Waals surface area (Å²) in [7, 11) is -10.2. The number of rotatable bonds is 7. The summed E-state index contributed by atoms with van der Waals surface area (Å²) in [6.07, 6.45) is 0. The van der Waals surface area contributed by atoms with Crippen molar-refractivity contribution in [3.63, 3.8) is 0 Å². The Morgan fingerprint density at radius 3 is 2.10 bits per heavy atom. The molecule has 0 fully saturated rings. The Hall–Kier alpha value is -2.92. The van der Waals surface area contributed by atoms with E-state index in [2.05, 4.69) is 10.2 Å². The van der Waals surface area contributed by atoms with Crippen molar-refractivity contribution in [1.29, 1.82) is 0 Å². The van der Waals surface area contributed by atoms with Gasteiger partial charge in [-0.25, -0.2) is 8.42 Å². The first-order chi connectivity index (χ1) is 17.7. The number of hydrogen-bond acceptors (Lipinski definition) is 11. The molecular formula is C19H11IN6NaO10S2. The van der Waals surface area contributed by atoms with E-state index in [9.17, 15) is 46.2 Å². The number of hydrogen-bond donors (Lipinski definition) is 1. The maximum absolute atomic E-state index is 12.0.